The van der Waals surface area contributed by atoms with Gasteiger partial charge < -0.3 is 10.6 Å². The third-order valence-electron chi connectivity index (χ3n) is 5.30. The van der Waals surface area contributed by atoms with Gasteiger partial charge in [-0.25, -0.2) is 4.57 Å². The molecule has 9 heteroatoms. The molecule has 1 aromatic carbocycles. The van der Waals surface area contributed by atoms with Crippen molar-refractivity contribution in [2.45, 2.75) is 45.6 Å². The zero-order valence-corrected chi connectivity index (χ0v) is 19.9. The molecule has 3 rings (SSSR count). The average Bonchev–Trinajstić information content (AvgIpc) is 2.85. The maximum atomic E-state index is 12.5. The van der Waals surface area contributed by atoms with Gasteiger partial charge >= 0.3 is 0 Å². The highest BCUT2D eigenvalue weighted by atomic mass is 32.2. The quantitative estimate of drug-likeness (QED) is 0.218. The lowest BCUT2D eigenvalue weighted by Crippen LogP contribution is -2.38. The third kappa shape index (κ3) is 8.09. The zero-order valence-electron chi connectivity index (χ0n) is 19.1. The van der Waals surface area contributed by atoms with E-state index in [-0.39, 0.29) is 5.91 Å². The van der Waals surface area contributed by atoms with Gasteiger partial charge in [0.1, 0.15) is 6.54 Å². The van der Waals surface area contributed by atoms with Crippen molar-refractivity contribution in [2.24, 2.45) is 4.99 Å². The van der Waals surface area contributed by atoms with Crippen molar-refractivity contribution in [1.29, 1.82) is 0 Å². The van der Waals surface area contributed by atoms with E-state index in [2.05, 4.69) is 62.4 Å². The summed E-state index contributed by atoms with van der Waals surface area (Å²) in [7, 11) is 0. The summed E-state index contributed by atoms with van der Waals surface area (Å²) in [6.45, 7) is 4.90. The molecular weight excluding hydrogens is 436 g/mol. The summed E-state index contributed by atoms with van der Waals surface area (Å²) in [4.78, 5) is 27.6. The zero-order chi connectivity index (χ0) is 23.3. The van der Waals surface area contributed by atoms with Gasteiger partial charge in [-0.15, -0.1) is 0 Å². The highest BCUT2D eigenvalue weighted by Gasteiger charge is 2.13. The maximum Gasteiger partial charge on any atom is 0.234 e. The second-order valence-corrected chi connectivity index (χ2v) is 8.77. The molecule has 0 bridgehead atoms. The van der Waals surface area contributed by atoms with E-state index >= 15 is 0 Å². The number of pyridine rings is 1. The molecular formula is C24H33N6O2S+. The highest BCUT2D eigenvalue weighted by Crippen LogP contribution is 2.22. The minimum Gasteiger partial charge on any atom is -0.365 e. The number of amidine groups is 1. The van der Waals surface area contributed by atoms with Gasteiger partial charge in [0.2, 0.25) is 12.3 Å². The molecule has 2 heterocycles. The Hall–Kier alpha value is -3.07. The molecule has 0 atom stereocenters. The molecule has 176 valence electrons. The van der Waals surface area contributed by atoms with E-state index in [0.717, 1.165) is 73.8 Å². The number of thioether (sulfide) groups is 1. The van der Waals surface area contributed by atoms with Crippen molar-refractivity contribution in [3.63, 3.8) is 0 Å². The number of hydrazine groups is 1. The molecule has 1 aromatic heterocycles. The minimum atomic E-state index is -0.0757. The van der Waals surface area contributed by atoms with Crippen LogP contribution in [0.1, 0.15) is 37.4 Å². The number of carbonyl (C=O) groups excluding carboxylic acids is 2. The predicted molar refractivity (Wildman–Crippen MR) is 134 cm³/mol. The number of aryl methyl sites for hydroxylation is 3. The Morgan fingerprint density at radius 1 is 1.27 bits per heavy atom. The number of amides is 2. The number of aromatic nitrogens is 1. The van der Waals surface area contributed by atoms with Crippen molar-refractivity contribution in [3.05, 3.63) is 53.9 Å². The van der Waals surface area contributed by atoms with Gasteiger partial charge in [-0.3, -0.25) is 25.4 Å². The molecule has 2 aromatic rings. The van der Waals surface area contributed by atoms with Crippen LogP contribution in [-0.4, -0.2) is 36.3 Å². The molecule has 0 fully saturated rings. The molecule has 1 aliphatic heterocycles. The number of aliphatic imine (C=N–C) groups is 1. The summed E-state index contributed by atoms with van der Waals surface area (Å²) in [5.41, 5.74) is 9.26. The van der Waals surface area contributed by atoms with Gasteiger partial charge in [0.25, 0.3) is 0 Å². The first-order valence-corrected chi connectivity index (χ1v) is 12.4. The molecule has 0 unspecified atom stereocenters. The highest BCUT2D eigenvalue weighted by molar-refractivity contribution is 8.14. The number of rotatable bonds is 12. The van der Waals surface area contributed by atoms with E-state index in [1.165, 1.54) is 17.5 Å². The van der Waals surface area contributed by atoms with Crippen LogP contribution < -0.4 is 26.1 Å². The normalized spacial score (nSPS) is 12.9. The number of unbranched alkanes of at least 4 members (excludes halogenated alkanes) is 1. The number of benzene rings is 1. The van der Waals surface area contributed by atoms with Gasteiger partial charge in [0, 0.05) is 43.8 Å². The second kappa shape index (κ2) is 13.5. The number of hydrogen-bond donors (Lipinski definition) is 4. The van der Waals surface area contributed by atoms with E-state index < -0.39 is 0 Å². The van der Waals surface area contributed by atoms with E-state index in [4.69, 9.17) is 0 Å². The van der Waals surface area contributed by atoms with E-state index in [1.54, 1.807) is 0 Å². The fourth-order valence-corrected chi connectivity index (χ4v) is 4.32. The lowest BCUT2D eigenvalue weighted by molar-refractivity contribution is -0.704. The SMILES string of the molecule is CCCC[n+]1ccccc1CCc1cc(NC(=O)CSC2=NCCCN2)ccc1NNC=O. The largest absolute Gasteiger partial charge is 0.365 e. The Bertz CT molecular complexity index is 966. The second-order valence-electron chi connectivity index (χ2n) is 7.80. The Labute approximate surface area is 199 Å². The Morgan fingerprint density at radius 3 is 2.97 bits per heavy atom. The Morgan fingerprint density at radius 2 is 2.18 bits per heavy atom. The number of anilines is 2. The lowest BCUT2D eigenvalue weighted by atomic mass is 10.0. The average molecular weight is 470 g/mol. The van der Waals surface area contributed by atoms with Crippen molar-refractivity contribution < 1.29 is 14.2 Å². The van der Waals surface area contributed by atoms with Crippen LogP contribution in [0.3, 0.4) is 0 Å². The Kier molecular flexibility index (Phi) is 10.0. The van der Waals surface area contributed by atoms with Crippen LogP contribution in [-0.2, 0) is 29.0 Å². The smallest absolute Gasteiger partial charge is 0.234 e. The molecule has 2 amide bonds. The molecule has 0 saturated carbocycles. The number of carbonyl (C=O) groups is 2. The van der Waals surface area contributed by atoms with Crippen molar-refractivity contribution in [2.75, 3.05) is 29.6 Å². The monoisotopic (exact) mass is 469 g/mol. The van der Waals surface area contributed by atoms with Crippen LogP contribution >= 0.6 is 11.8 Å². The molecule has 4 N–H and O–H groups in total. The van der Waals surface area contributed by atoms with Crippen LogP contribution in [0, 0.1) is 0 Å². The fraction of sp³-hybridized carbons (Fsp3) is 0.417. The van der Waals surface area contributed by atoms with E-state index in [1.807, 2.05) is 18.2 Å². The first-order valence-electron chi connectivity index (χ1n) is 11.5. The first kappa shape index (κ1) is 24.6. The minimum absolute atomic E-state index is 0.0757. The number of hydrogen-bond acceptors (Lipinski definition) is 6. The van der Waals surface area contributed by atoms with Crippen molar-refractivity contribution in [1.82, 2.24) is 10.7 Å². The van der Waals surface area contributed by atoms with Gasteiger partial charge in [-0.1, -0.05) is 31.2 Å². The molecule has 8 nitrogen and oxygen atoms in total. The topological polar surface area (TPSA) is 98.5 Å². The maximum absolute atomic E-state index is 12.5. The van der Waals surface area contributed by atoms with Crippen molar-refractivity contribution >= 4 is 40.6 Å². The molecule has 0 aliphatic carbocycles. The van der Waals surface area contributed by atoms with Crippen LogP contribution in [0.25, 0.3) is 0 Å². The third-order valence-corrected chi connectivity index (χ3v) is 6.25. The molecule has 0 saturated heterocycles. The van der Waals surface area contributed by atoms with E-state index in [9.17, 15) is 9.59 Å². The van der Waals surface area contributed by atoms with Crippen LogP contribution in [0.2, 0.25) is 0 Å². The molecule has 0 spiro atoms. The van der Waals surface area contributed by atoms with Gasteiger partial charge in [-0.2, -0.15) is 0 Å². The molecule has 1 aliphatic rings. The summed E-state index contributed by atoms with van der Waals surface area (Å²) in [5.74, 6) is 0.225. The first-order chi connectivity index (χ1) is 16.2. The lowest BCUT2D eigenvalue weighted by Gasteiger charge is -2.15. The standard InChI is InChI=1S/C24H32N6O2S/c1-2-3-14-30-15-5-4-7-21(30)10-8-19-16-20(9-11-22(19)29-27-18-31)28-23(32)17-33-24-25-12-6-13-26-24/h4-5,7,9,11,15-16,18,29H,2-3,6,8,10,12-14,17H2,1H3,(H2-,25,26,27,28,31,32)/p+1. The van der Waals surface area contributed by atoms with Crippen LogP contribution in [0.4, 0.5) is 11.4 Å². The fourth-order valence-electron chi connectivity index (χ4n) is 3.59. The number of nitrogens with zero attached hydrogens (tertiary/aromatic N) is 2. The molecule has 0 radical (unpaired) electrons. The van der Waals surface area contributed by atoms with Crippen LogP contribution in [0.5, 0.6) is 0 Å². The predicted octanol–water partition coefficient (Wildman–Crippen LogP) is 2.65. The Balaban J connectivity index is 1.66. The van der Waals surface area contributed by atoms with Crippen LogP contribution in [0.15, 0.2) is 47.6 Å². The van der Waals surface area contributed by atoms with E-state index in [0.29, 0.717) is 12.2 Å². The van der Waals surface area contributed by atoms with Gasteiger partial charge in [-0.05, 0) is 36.6 Å². The van der Waals surface area contributed by atoms with Gasteiger partial charge in [0.15, 0.2) is 17.1 Å². The summed E-state index contributed by atoms with van der Waals surface area (Å²) < 4.78 is 2.30. The summed E-state index contributed by atoms with van der Waals surface area (Å²) in [5, 5.41) is 7.02. The summed E-state index contributed by atoms with van der Waals surface area (Å²) in [6, 6.07) is 11.9. The summed E-state index contributed by atoms with van der Waals surface area (Å²) >= 11 is 1.42. The number of nitrogens with one attached hydrogen (secondary N) is 4. The van der Waals surface area contributed by atoms with Gasteiger partial charge in [0.05, 0.1) is 11.4 Å². The summed E-state index contributed by atoms with van der Waals surface area (Å²) in [6.07, 6.45) is 7.65. The van der Waals surface area contributed by atoms with Crippen molar-refractivity contribution in [3.8, 4) is 0 Å². The molecule has 33 heavy (non-hydrogen) atoms.